The molecule has 1 aromatic rings. The van der Waals surface area contributed by atoms with Crippen LogP contribution in [0.3, 0.4) is 0 Å². The van der Waals surface area contributed by atoms with Crippen LogP contribution in [0.1, 0.15) is 40.0 Å². The zero-order chi connectivity index (χ0) is 18.2. The summed E-state index contributed by atoms with van der Waals surface area (Å²) in [7, 11) is -1.86. The van der Waals surface area contributed by atoms with Gasteiger partial charge in [0, 0.05) is 19.6 Å². The van der Waals surface area contributed by atoms with E-state index in [2.05, 4.69) is 31.1 Å². The molecule has 0 spiro atoms. The lowest BCUT2D eigenvalue weighted by atomic mass is 10.0. The highest BCUT2D eigenvalue weighted by Gasteiger charge is 2.21. The average molecular weight is 375 g/mol. The van der Waals surface area contributed by atoms with Gasteiger partial charge in [0.2, 0.25) is 0 Å². The predicted octanol–water partition coefficient (Wildman–Crippen LogP) is 2.49. The van der Waals surface area contributed by atoms with Gasteiger partial charge in [-0.2, -0.15) is 4.31 Å². The van der Waals surface area contributed by atoms with Crippen LogP contribution in [0.5, 0.6) is 0 Å². The van der Waals surface area contributed by atoms with Crippen molar-refractivity contribution in [2.45, 2.75) is 50.3 Å². The lowest BCUT2D eigenvalue weighted by Crippen LogP contribution is -2.39. The molecule has 0 radical (unpaired) electrons. The van der Waals surface area contributed by atoms with Crippen molar-refractivity contribution in [3.8, 4) is 0 Å². The Morgan fingerprint density at radius 1 is 1.38 bits per heavy atom. The minimum atomic E-state index is -3.42. The maximum absolute atomic E-state index is 12.3. The molecular formula is C16H30N4O2S2. The molecule has 6 nitrogen and oxygen atoms in total. The monoisotopic (exact) mass is 374 g/mol. The molecule has 1 rings (SSSR count). The summed E-state index contributed by atoms with van der Waals surface area (Å²) in [5, 5.41) is 4.91. The van der Waals surface area contributed by atoms with Crippen molar-refractivity contribution in [3.63, 3.8) is 0 Å². The minimum Gasteiger partial charge on any atom is -0.370 e. The Morgan fingerprint density at radius 3 is 2.67 bits per heavy atom. The molecule has 1 atom stereocenters. The van der Waals surface area contributed by atoms with Crippen LogP contribution >= 0.6 is 11.3 Å². The molecule has 0 aliphatic heterocycles. The molecule has 0 aliphatic carbocycles. The minimum absolute atomic E-state index is 0.264. The van der Waals surface area contributed by atoms with Crippen LogP contribution in [0.15, 0.2) is 26.7 Å². The van der Waals surface area contributed by atoms with Gasteiger partial charge in [-0.05, 0) is 30.7 Å². The molecule has 0 aliphatic rings. The van der Waals surface area contributed by atoms with Crippen molar-refractivity contribution in [2.24, 2.45) is 16.6 Å². The van der Waals surface area contributed by atoms with Crippen molar-refractivity contribution in [1.82, 2.24) is 9.62 Å². The van der Waals surface area contributed by atoms with E-state index in [1.54, 1.807) is 24.6 Å². The number of hydrogen-bond acceptors (Lipinski definition) is 4. The first-order valence-corrected chi connectivity index (χ1v) is 10.6. The molecule has 1 aromatic heterocycles. The average Bonchev–Trinajstić information content (AvgIpc) is 3.01. The molecule has 24 heavy (non-hydrogen) atoms. The number of rotatable bonds is 10. The predicted molar refractivity (Wildman–Crippen MR) is 102 cm³/mol. The molecule has 138 valence electrons. The van der Waals surface area contributed by atoms with E-state index in [-0.39, 0.29) is 6.04 Å². The Bertz CT molecular complexity index is 598. The van der Waals surface area contributed by atoms with Gasteiger partial charge in [-0.15, -0.1) is 11.3 Å². The first-order chi connectivity index (χ1) is 11.2. The third-order valence-electron chi connectivity index (χ3n) is 3.67. The van der Waals surface area contributed by atoms with Crippen molar-refractivity contribution in [3.05, 3.63) is 17.5 Å². The standard InChI is InChI=1S/C16H30N4O2S2/c1-13(2)7-5-8-14(3)19-16(17)18-10-11-20(4)24(21,22)15-9-6-12-23-15/h6,9,12-14H,5,7-8,10-11H2,1-4H3,(H3,17,18,19). The second-order valence-corrected chi connectivity index (χ2v) is 9.62. The van der Waals surface area contributed by atoms with Gasteiger partial charge in [0.25, 0.3) is 10.0 Å². The summed E-state index contributed by atoms with van der Waals surface area (Å²) >= 11 is 1.21. The Balaban J connectivity index is 2.37. The number of guanidine groups is 1. The number of likely N-dealkylation sites (N-methyl/N-ethyl adjacent to an activating group) is 1. The quantitative estimate of drug-likeness (QED) is 0.486. The molecule has 3 N–H and O–H groups in total. The number of hydrogen-bond donors (Lipinski definition) is 2. The zero-order valence-electron chi connectivity index (χ0n) is 15.0. The SMILES string of the molecule is CC(C)CCCC(C)NC(N)=NCCN(C)S(=O)(=O)c1cccs1. The van der Waals surface area contributed by atoms with Gasteiger partial charge in [-0.1, -0.05) is 32.8 Å². The maximum Gasteiger partial charge on any atom is 0.252 e. The molecule has 0 aromatic carbocycles. The Hall–Kier alpha value is -1.12. The van der Waals surface area contributed by atoms with E-state index in [0.29, 0.717) is 29.2 Å². The van der Waals surface area contributed by atoms with Crippen molar-refractivity contribution in [1.29, 1.82) is 0 Å². The smallest absolute Gasteiger partial charge is 0.252 e. The summed E-state index contributed by atoms with van der Waals surface area (Å²) in [6.07, 6.45) is 3.40. The second kappa shape index (κ2) is 10.0. The van der Waals surface area contributed by atoms with Crippen LogP contribution in [0.4, 0.5) is 0 Å². The molecule has 1 unspecified atom stereocenters. The normalized spacial score (nSPS) is 14.3. The molecule has 1 heterocycles. The summed E-state index contributed by atoms with van der Waals surface area (Å²) in [5.41, 5.74) is 5.87. The number of thiophene rings is 1. The fourth-order valence-electron chi connectivity index (χ4n) is 2.20. The Kier molecular flexibility index (Phi) is 8.72. The van der Waals surface area contributed by atoms with Crippen LogP contribution < -0.4 is 11.1 Å². The fourth-order valence-corrected chi connectivity index (χ4v) is 4.56. The summed E-state index contributed by atoms with van der Waals surface area (Å²) in [6, 6.07) is 3.60. The summed E-state index contributed by atoms with van der Waals surface area (Å²) in [6.45, 7) is 7.14. The molecular weight excluding hydrogens is 344 g/mol. The molecule has 0 fully saturated rings. The van der Waals surface area contributed by atoms with E-state index in [1.807, 2.05) is 0 Å². The largest absolute Gasteiger partial charge is 0.370 e. The van der Waals surface area contributed by atoms with Crippen LogP contribution in [0.2, 0.25) is 0 Å². The van der Waals surface area contributed by atoms with Gasteiger partial charge in [0.05, 0.1) is 6.54 Å². The number of sulfonamides is 1. The van der Waals surface area contributed by atoms with Gasteiger partial charge in [-0.3, -0.25) is 4.99 Å². The van der Waals surface area contributed by atoms with Crippen molar-refractivity contribution >= 4 is 27.3 Å². The van der Waals surface area contributed by atoms with E-state index in [0.717, 1.165) is 12.8 Å². The van der Waals surface area contributed by atoms with Gasteiger partial charge in [-0.25, -0.2) is 8.42 Å². The zero-order valence-corrected chi connectivity index (χ0v) is 16.7. The van der Waals surface area contributed by atoms with Crippen LogP contribution in [-0.4, -0.2) is 44.9 Å². The van der Waals surface area contributed by atoms with Crippen LogP contribution in [0.25, 0.3) is 0 Å². The fraction of sp³-hybridized carbons (Fsp3) is 0.688. The van der Waals surface area contributed by atoms with E-state index < -0.39 is 10.0 Å². The van der Waals surface area contributed by atoms with Gasteiger partial charge < -0.3 is 11.1 Å². The van der Waals surface area contributed by atoms with Gasteiger partial charge in [0.1, 0.15) is 4.21 Å². The molecule has 0 saturated carbocycles. The summed E-state index contributed by atoms with van der Waals surface area (Å²) < 4.78 is 26.2. The Labute approximate surface area is 150 Å². The van der Waals surface area contributed by atoms with Crippen LogP contribution in [-0.2, 0) is 10.0 Å². The molecule has 0 bridgehead atoms. The third kappa shape index (κ3) is 7.19. The topological polar surface area (TPSA) is 87.8 Å². The lowest BCUT2D eigenvalue weighted by Gasteiger charge is -2.16. The highest BCUT2D eigenvalue weighted by Crippen LogP contribution is 2.19. The highest BCUT2D eigenvalue weighted by atomic mass is 32.2. The van der Waals surface area contributed by atoms with E-state index in [1.165, 1.54) is 22.1 Å². The van der Waals surface area contributed by atoms with Gasteiger partial charge >= 0.3 is 0 Å². The maximum atomic E-state index is 12.3. The van der Waals surface area contributed by atoms with E-state index in [9.17, 15) is 8.42 Å². The van der Waals surface area contributed by atoms with Crippen molar-refractivity contribution < 1.29 is 8.42 Å². The number of nitrogens with two attached hydrogens (primary N) is 1. The number of nitrogens with one attached hydrogen (secondary N) is 1. The number of nitrogens with zero attached hydrogens (tertiary/aromatic N) is 2. The molecule has 0 amide bonds. The van der Waals surface area contributed by atoms with Gasteiger partial charge in [0.15, 0.2) is 5.96 Å². The highest BCUT2D eigenvalue weighted by molar-refractivity contribution is 7.91. The van der Waals surface area contributed by atoms with E-state index in [4.69, 9.17) is 5.73 Å². The Morgan fingerprint density at radius 2 is 2.08 bits per heavy atom. The van der Waals surface area contributed by atoms with E-state index >= 15 is 0 Å². The first-order valence-electron chi connectivity index (χ1n) is 8.29. The van der Waals surface area contributed by atoms with Crippen molar-refractivity contribution in [2.75, 3.05) is 20.1 Å². The molecule has 0 saturated heterocycles. The second-order valence-electron chi connectivity index (χ2n) is 6.40. The summed E-state index contributed by atoms with van der Waals surface area (Å²) in [4.78, 5) is 4.22. The third-order valence-corrected chi connectivity index (χ3v) is 6.90. The first kappa shape index (κ1) is 20.9. The molecule has 8 heteroatoms. The summed E-state index contributed by atoms with van der Waals surface area (Å²) in [5.74, 6) is 1.08. The van der Waals surface area contributed by atoms with Crippen LogP contribution in [0, 0.1) is 5.92 Å². The lowest BCUT2D eigenvalue weighted by molar-refractivity contribution is 0.477. The number of aliphatic imine (C=N–C) groups is 1.